The van der Waals surface area contributed by atoms with Crippen LogP contribution in [-0.2, 0) is 11.2 Å². The van der Waals surface area contributed by atoms with Gasteiger partial charge >= 0.3 is 0 Å². The summed E-state index contributed by atoms with van der Waals surface area (Å²) in [5.74, 6) is 0.775. The molecule has 3 rings (SSSR count). The zero-order valence-electron chi connectivity index (χ0n) is 15.2. The molecule has 1 aromatic rings. The number of hydrogen-bond donors (Lipinski definition) is 1. The number of fused-ring (bicyclic) bond motifs is 1. The van der Waals surface area contributed by atoms with Crippen LogP contribution in [0.2, 0.25) is 0 Å². The van der Waals surface area contributed by atoms with Crippen molar-refractivity contribution in [3.63, 3.8) is 0 Å². The number of benzene rings is 1. The summed E-state index contributed by atoms with van der Waals surface area (Å²) in [6.07, 6.45) is 3.48. The van der Waals surface area contributed by atoms with Gasteiger partial charge in [-0.25, -0.2) is 0 Å². The molecule has 0 aliphatic carbocycles. The Labute approximate surface area is 146 Å². The van der Waals surface area contributed by atoms with Gasteiger partial charge in [0, 0.05) is 25.3 Å². The van der Waals surface area contributed by atoms with Gasteiger partial charge in [0.25, 0.3) is 0 Å². The van der Waals surface area contributed by atoms with E-state index in [1.807, 2.05) is 13.8 Å². The molecule has 2 aliphatic heterocycles. The molecular weight excluding hydrogens is 300 g/mol. The molecule has 0 radical (unpaired) electrons. The maximum absolute atomic E-state index is 10.1. The summed E-state index contributed by atoms with van der Waals surface area (Å²) in [6, 6.07) is 8.83. The normalized spacial score (nSPS) is 20.6. The van der Waals surface area contributed by atoms with E-state index < -0.39 is 0 Å². The van der Waals surface area contributed by atoms with E-state index in [2.05, 4.69) is 34.1 Å². The molecule has 2 aliphatic rings. The molecular formula is C20H32N2O2. The van der Waals surface area contributed by atoms with E-state index >= 15 is 0 Å². The van der Waals surface area contributed by atoms with Crippen molar-refractivity contribution in [2.24, 2.45) is 5.92 Å². The van der Waals surface area contributed by atoms with Crippen molar-refractivity contribution >= 4 is 5.69 Å². The Bertz CT molecular complexity index is 512. The first-order valence-corrected chi connectivity index (χ1v) is 9.46. The standard InChI is InChI=1S/C20H32N2O2/c1-16(2)24-15-19(23)14-21-10-7-17(8-11-21)13-22-12-9-18-5-3-4-6-20(18)22/h3-6,16-17,19,23H,7-15H2,1-2H3. The molecule has 1 aromatic carbocycles. The lowest BCUT2D eigenvalue weighted by Crippen LogP contribution is -2.42. The van der Waals surface area contributed by atoms with Crippen LogP contribution < -0.4 is 4.90 Å². The Morgan fingerprint density at radius 3 is 2.67 bits per heavy atom. The number of anilines is 1. The molecule has 0 spiro atoms. The molecule has 2 heterocycles. The molecule has 1 unspecified atom stereocenters. The second-order valence-corrected chi connectivity index (χ2v) is 7.60. The van der Waals surface area contributed by atoms with Crippen molar-refractivity contribution in [1.29, 1.82) is 0 Å². The highest BCUT2D eigenvalue weighted by molar-refractivity contribution is 5.57. The maximum Gasteiger partial charge on any atom is 0.0900 e. The van der Waals surface area contributed by atoms with Crippen LogP contribution in [0.15, 0.2) is 24.3 Å². The molecule has 0 amide bonds. The lowest BCUT2D eigenvalue weighted by atomic mass is 9.96. The first kappa shape index (κ1) is 17.7. The Morgan fingerprint density at radius 1 is 1.17 bits per heavy atom. The third-order valence-corrected chi connectivity index (χ3v) is 5.26. The summed E-state index contributed by atoms with van der Waals surface area (Å²) in [6.45, 7) is 9.75. The number of para-hydroxylation sites is 1. The van der Waals surface area contributed by atoms with E-state index in [4.69, 9.17) is 4.74 Å². The van der Waals surface area contributed by atoms with Crippen LogP contribution in [0.4, 0.5) is 5.69 Å². The fourth-order valence-electron chi connectivity index (χ4n) is 3.91. The largest absolute Gasteiger partial charge is 0.389 e. The third-order valence-electron chi connectivity index (χ3n) is 5.26. The minimum absolute atomic E-state index is 0.189. The summed E-state index contributed by atoms with van der Waals surface area (Å²) in [4.78, 5) is 4.96. The van der Waals surface area contributed by atoms with Gasteiger partial charge in [0.05, 0.1) is 18.8 Å². The molecule has 134 valence electrons. The monoisotopic (exact) mass is 332 g/mol. The number of piperidine rings is 1. The number of β-amino-alcohol motifs (C(OH)–C–C–N with tert-alkyl or cyclic N) is 1. The van der Waals surface area contributed by atoms with Crippen LogP contribution in [0.25, 0.3) is 0 Å². The molecule has 24 heavy (non-hydrogen) atoms. The molecule has 0 aromatic heterocycles. The van der Waals surface area contributed by atoms with Gasteiger partial charge in [-0.1, -0.05) is 18.2 Å². The number of aliphatic hydroxyl groups is 1. The zero-order chi connectivity index (χ0) is 16.9. The summed E-state index contributed by atoms with van der Waals surface area (Å²) < 4.78 is 5.50. The molecule has 1 atom stereocenters. The van der Waals surface area contributed by atoms with Gasteiger partial charge in [-0.2, -0.15) is 0 Å². The van der Waals surface area contributed by atoms with Crippen molar-refractivity contribution in [3.8, 4) is 0 Å². The number of rotatable bonds is 7. The smallest absolute Gasteiger partial charge is 0.0900 e. The fraction of sp³-hybridized carbons (Fsp3) is 0.700. The topological polar surface area (TPSA) is 35.9 Å². The Kier molecular flexibility index (Phi) is 6.14. The lowest BCUT2D eigenvalue weighted by molar-refractivity contribution is -0.0122. The van der Waals surface area contributed by atoms with Crippen LogP contribution in [-0.4, -0.2) is 61.5 Å². The van der Waals surface area contributed by atoms with Crippen LogP contribution in [0.5, 0.6) is 0 Å². The minimum atomic E-state index is -0.366. The minimum Gasteiger partial charge on any atom is -0.389 e. The van der Waals surface area contributed by atoms with Gasteiger partial charge in [-0.3, -0.25) is 0 Å². The van der Waals surface area contributed by atoms with E-state index in [1.165, 1.54) is 43.6 Å². The van der Waals surface area contributed by atoms with Crippen LogP contribution >= 0.6 is 0 Å². The van der Waals surface area contributed by atoms with Crippen molar-refractivity contribution in [2.75, 3.05) is 44.2 Å². The van der Waals surface area contributed by atoms with Gasteiger partial charge in [0.15, 0.2) is 0 Å². The molecule has 1 fully saturated rings. The number of nitrogens with zero attached hydrogens (tertiary/aromatic N) is 2. The second-order valence-electron chi connectivity index (χ2n) is 7.60. The summed E-state index contributed by atoms with van der Waals surface area (Å²) >= 11 is 0. The van der Waals surface area contributed by atoms with Crippen LogP contribution in [0.3, 0.4) is 0 Å². The Hall–Kier alpha value is -1.10. The maximum atomic E-state index is 10.1. The Morgan fingerprint density at radius 2 is 1.92 bits per heavy atom. The highest BCUT2D eigenvalue weighted by Gasteiger charge is 2.25. The number of ether oxygens (including phenoxy) is 1. The average molecular weight is 332 g/mol. The zero-order valence-corrected chi connectivity index (χ0v) is 15.2. The van der Waals surface area contributed by atoms with Crippen molar-refractivity contribution in [1.82, 2.24) is 4.90 Å². The molecule has 4 nitrogen and oxygen atoms in total. The van der Waals surface area contributed by atoms with E-state index in [1.54, 1.807) is 0 Å². The SMILES string of the molecule is CC(C)OCC(O)CN1CCC(CN2CCc3ccccc32)CC1. The van der Waals surface area contributed by atoms with Crippen LogP contribution in [0.1, 0.15) is 32.3 Å². The summed E-state index contributed by atoms with van der Waals surface area (Å²) in [5.41, 5.74) is 2.95. The fourth-order valence-corrected chi connectivity index (χ4v) is 3.91. The summed E-state index contributed by atoms with van der Waals surface area (Å²) in [7, 11) is 0. The lowest BCUT2D eigenvalue weighted by Gasteiger charge is -2.35. The van der Waals surface area contributed by atoms with Gasteiger partial charge in [-0.15, -0.1) is 0 Å². The van der Waals surface area contributed by atoms with E-state index in [9.17, 15) is 5.11 Å². The van der Waals surface area contributed by atoms with Crippen LogP contribution in [0, 0.1) is 5.92 Å². The predicted octanol–water partition coefficient (Wildman–Crippen LogP) is 2.55. The average Bonchev–Trinajstić information content (AvgIpc) is 2.98. The van der Waals surface area contributed by atoms with Gasteiger partial charge in [0.1, 0.15) is 0 Å². The number of hydrogen-bond acceptors (Lipinski definition) is 4. The third kappa shape index (κ3) is 4.71. The van der Waals surface area contributed by atoms with Crippen molar-refractivity contribution in [3.05, 3.63) is 29.8 Å². The number of likely N-dealkylation sites (tertiary alicyclic amines) is 1. The van der Waals surface area contributed by atoms with Crippen molar-refractivity contribution in [2.45, 2.75) is 45.3 Å². The summed E-state index contributed by atoms with van der Waals surface area (Å²) in [5, 5.41) is 10.1. The first-order chi connectivity index (χ1) is 11.6. The molecule has 0 bridgehead atoms. The molecule has 0 saturated carbocycles. The van der Waals surface area contributed by atoms with E-state index in [0.717, 1.165) is 25.6 Å². The highest BCUT2D eigenvalue weighted by Crippen LogP contribution is 2.30. The number of aliphatic hydroxyl groups excluding tert-OH is 1. The second kappa shape index (κ2) is 8.32. The molecule has 1 N–H and O–H groups in total. The molecule has 4 heteroatoms. The van der Waals surface area contributed by atoms with Crippen molar-refractivity contribution < 1.29 is 9.84 Å². The van der Waals surface area contributed by atoms with Gasteiger partial charge in [-0.05, 0) is 63.7 Å². The van der Waals surface area contributed by atoms with Gasteiger partial charge < -0.3 is 19.6 Å². The highest BCUT2D eigenvalue weighted by atomic mass is 16.5. The van der Waals surface area contributed by atoms with Gasteiger partial charge in [0.2, 0.25) is 0 Å². The molecule has 1 saturated heterocycles. The first-order valence-electron chi connectivity index (χ1n) is 9.46. The predicted molar refractivity (Wildman–Crippen MR) is 98.6 cm³/mol. The quantitative estimate of drug-likeness (QED) is 0.832. The van der Waals surface area contributed by atoms with E-state index in [0.29, 0.717) is 6.61 Å². The van der Waals surface area contributed by atoms with E-state index in [-0.39, 0.29) is 12.2 Å². The Balaban J connectivity index is 1.40.